The molecule has 0 saturated carbocycles. The van der Waals surface area contributed by atoms with E-state index in [2.05, 4.69) is 40.5 Å². The number of urea groups is 1. The fourth-order valence-corrected chi connectivity index (χ4v) is 2.44. The second-order valence-electron chi connectivity index (χ2n) is 5.62. The SMILES string of the molecule is CCN(CC)C(=O)Nc1cccc(-c2ccc(N(C)C)cc2)c1. The molecule has 0 aliphatic heterocycles. The summed E-state index contributed by atoms with van der Waals surface area (Å²) in [6, 6.07) is 16.3. The molecule has 0 fully saturated rings. The van der Waals surface area contributed by atoms with E-state index in [1.807, 2.05) is 46.1 Å². The summed E-state index contributed by atoms with van der Waals surface area (Å²) >= 11 is 0. The third-order valence-corrected chi connectivity index (χ3v) is 3.88. The molecule has 0 bridgehead atoms. The van der Waals surface area contributed by atoms with Crippen LogP contribution in [0, 0.1) is 0 Å². The fourth-order valence-electron chi connectivity index (χ4n) is 2.44. The number of anilines is 2. The highest BCUT2D eigenvalue weighted by Gasteiger charge is 2.09. The third kappa shape index (κ3) is 4.25. The maximum absolute atomic E-state index is 12.2. The zero-order valence-electron chi connectivity index (χ0n) is 14.3. The minimum atomic E-state index is -0.0601. The van der Waals surface area contributed by atoms with E-state index < -0.39 is 0 Å². The molecule has 2 amide bonds. The summed E-state index contributed by atoms with van der Waals surface area (Å²) in [5, 5.41) is 2.96. The van der Waals surface area contributed by atoms with Gasteiger partial charge in [0.25, 0.3) is 0 Å². The van der Waals surface area contributed by atoms with E-state index in [0.717, 1.165) is 16.8 Å². The summed E-state index contributed by atoms with van der Waals surface area (Å²) < 4.78 is 0. The molecule has 4 heteroatoms. The molecule has 23 heavy (non-hydrogen) atoms. The van der Waals surface area contributed by atoms with E-state index in [4.69, 9.17) is 0 Å². The predicted octanol–water partition coefficient (Wildman–Crippen LogP) is 4.29. The maximum atomic E-state index is 12.2. The van der Waals surface area contributed by atoms with Gasteiger partial charge in [0, 0.05) is 38.6 Å². The zero-order chi connectivity index (χ0) is 16.8. The Kier molecular flexibility index (Phi) is 5.63. The van der Waals surface area contributed by atoms with Gasteiger partial charge in [0.2, 0.25) is 0 Å². The van der Waals surface area contributed by atoms with Gasteiger partial charge in [-0.05, 0) is 49.2 Å². The smallest absolute Gasteiger partial charge is 0.321 e. The average Bonchev–Trinajstić information content (AvgIpc) is 2.56. The molecule has 0 saturated heterocycles. The van der Waals surface area contributed by atoms with Crippen molar-refractivity contribution in [1.29, 1.82) is 0 Å². The second-order valence-corrected chi connectivity index (χ2v) is 5.62. The number of hydrogen-bond acceptors (Lipinski definition) is 2. The lowest BCUT2D eigenvalue weighted by Crippen LogP contribution is -2.34. The van der Waals surface area contributed by atoms with Gasteiger partial charge in [0.15, 0.2) is 0 Å². The molecular formula is C19H25N3O. The van der Waals surface area contributed by atoms with Gasteiger partial charge in [-0.1, -0.05) is 24.3 Å². The van der Waals surface area contributed by atoms with Crippen LogP contribution in [0.1, 0.15) is 13.8 Å². The highest BCUT2D eigenvalue weighted by atomic mass is 16.2. The Morgan fingerprint density at radius 3 is 2.17 bits per heavy atom. The van der Waals surface area contributed by atoms with Gasteiger partial charge in [0.05, 0.1) is 0 Å². The van der Waals surface area contributed by atoms with Gasteiger partial charge in [-0.3, -0.25) is 0 Å². The predicted molar refractivity (Wildman–Crippen MR) is 98.1 cm³/mol. The van der Waals surface area contributed by atoms with Crippen molar-refractivity contribution in [2.45, 2.75) is 13.8 Å². The molecule has 0 aromatic heterocycles. The van der Waals surface area contributed by atoms with Crippen molar-refractivity contribution in [2.75, 3.05) is 37.4 Å². The molecule has 2 rings (SSSR count). The Labute approximate surface area is 138 Å². The van der Waals surface area contributed by atoms with Crippen LogP contribution in [0.15, 0.2) is 48.5 Å². The highest BCUT2D eigenvalue weighted by Crippen LogP contribution is 2.25. The van der Waals surface area contributed by atoms with E-state index >= 15 is 0 Å². The van der Waals surface area contributed by atoms with Gasteiger partial charge in [0.1, 0.15) is 0 Å². The van der Waals surface area contributed by atoms with Crippen LogP contribution in [-0.4, -0.2) is 38.1 Å². The first kappa shape index (κ1) is 16.9. The molecule has 0 heterocycles. The summed E-state index contributed by atoms with van der Waals surface area (Å²) in [5.74, 6) is 0. The van der Waals surface area contributed by atoms with Gasteiger partial charge in [-0.15, -0.1) is 0 Å². The van der Waals surface area contributed by atoms with Crippen molar-refractivity contribution in [3.8, 4) is 11.1 Å². The maximum Gasteiger partial charge on any atom is 0.321 e. The number of hydrogen-bond donors (Lipinski definition) is 1. The Balaban J connectivity index is 2.18. The Morgan fingerprint density at radius 1 is 0.957 bits per heavy atom. The Bertz CT molecular complexity index is 646. The molecule has 0 aliphatic rings. The summed E-state index contributed by atoms with van der Waals surface area (Å²) in [5.41, 5.74) is 4.21. The molecule has 2 aromatic carbocycles. The van der Waals surface area contributed by atoms with E-state index in [-0.39, 0.29) is 6.03 Å². The quantitative estimate of drug-likeness (QED) is 0.894. The Hall–Kier alpha value is -2.49. The van der Waals surface area contributed by atoms with Crippen LogP contribution in [0.5, 0.6) is 0 Å². The lowest BCUT2D eigenvalue weighted by atomic mass is 10.0. The number of carbonyl (C=O) groups is 1. The summed E-state index contributed by atoms with van der Waals surface area (Å²) in [6.45, 7) is 5.36. The van der Waals surface area contributed by atoms with E-state index in [1.165, 1.54) is 5.69 Å². The summed E-state index contributed by atoms with van der Waals surface area (Å²) in [6.07, 6.45) is 0. The van der Waals surface area contributed by atoms with Crippen LogP contribution in [0.4, 0.5) is 16.2 Å². The van der Waals surface area contributed by atoms with Crippen molar-refractivity contribution in [2.24, 2.45) is 0 Å². The first-order valence-corrected chi connectivity index (χ1v) is 7.99. The lowest BCUT2D eigenvalue weighted by molar-refractivity contribution is 0.217. The summed E-state index contributed by atoms with van der Waals surface area (Å²) in [7, 11) is 4.05. The van der Waals surface area contributed by atoms with Gasteiger partial charge in [-0.2, -0.15) is 0 Å². The van der Waals surface area contributed by atoms with Crippen molar-refractivity contribution in [1.82, 2.24) is 4.90 Å². The molecule has 2 aromatic rings. The van der Waals surface area contributed by atoms with Crippen molar-refractivity contribution < 1.29 is 4.79 Å². The van der Waals surface area contributed by atoms with Gasteiger partial charge in [-0.25, -0.2) is 4.79 Å². The molecule has 0 radical (unpaired) electrons. The number of benzene rings is 2. The number of rotatable bonds is 5. The lowest BCUT2D eigenvalue weighted by Gasteiger charge is -2.19. The normalized spacial score (nSPS) is 10.3. The number of nitrogens with zero attached hydrogens (tertiary/aromatic N) is 2. The monoisotopic (exact) mass is 311 g/mol. The largest absolute Gasteiger partial charge is 0.378 e. The van der Waals surface area contributed by atoms with E-state index in [0.29, 0.717) is 13.1 Å². The molecule has 4 nitrogen and oxygen atoms in total. The van der Waals surface area contributed by atoms with Crippen LogP contribution in [-0.2, 0) is 0 Å². The van der Waals surface area contributed by atoms with E-state index in [1.54, 1.807) is 4.90 Å². The fraction of sp³-hybridized carbons (Fsp3) is 0.316. The standard InChI is InChI=1S/C19H25N3O/c1-5-22(6-2)19(23)20-17-9-7-8-16(14-17)15-10-12-18(13-11-15)21(3)4/h7-14H,5-6H2,1-4H3,(H,20,23). The molecule has 0 atom stereocenters. The van der Waals surface area contributed by atoms with Crippen LogP contribution >= 0.6 is 0 Å². The van der Waals surface area contributed by atoms with Crippen molar-refractivity contribution >= 4 is 17.4 Å². The minimum Gasteiger partial charge on any atom is -0.378 e. The average molecular weight is 311 g/mol. The molecule has 0 aliphatic carbocycles. The zero-order valence-corrected chi connectivity index (χ0v) is 14.3. The Morgan fingerprint density at radius 2 is 1.61 bits per heavy atom. The molecule has 122 valence electrons. The molecule has 0 spiro atoms. The number of nitrogens with one attached hydrogen (secondary N) is 1. The van der Waals surface area contributed by atoms with Gasteiger partial charge < -0.3 is 15.1 Å². The number of amides is 2. The second kappa shape index (κ2) is 7.68. The van der Waals surface area contributed by atoms with Crippen molar-refractivity contribution in [3.63, 3.8) is 0 Å². The minimum absolute atomic E-state index is 0.0601. The third-order valence-electron chi connectivity index (χ3n) is 3.88. The molecular weight excluding hydrogens is 286 g/mol. The van der Waals surface area contributed by atoms with Crippen LogP contribution < -0.4 is 10.2 Å². The topological polar surface area (TPSA) is 35.6 Å². The van der Waals surface area contributed by atoms with E-state index in [9.17, 15) is 4.79 Å². The van der Waals surface area contributed by atoms with Crippen molar-refractivity contribution in [3.05, 3.63) is 48.5 Å². The highest BCUT2D eigenvalue weighted by molar-refractivity contribution is 5.90. The van der Waals surface area contributed by atoms with Crippen LogP contribution in [0.25, 0.3) is 11.1 Å². The summed E-state index contributed by atoms with van der Waals surface area (Å²) in [4.78, 5) is 16.0. The van der Waals surface area contributed by atoms with Crippen LogP contribution in [0.3, 0.4) is 0 Å². The first-order valence-electron chi connectivity index (χ1n) is 7.99. The van der Waals surface area contributed by atoms with Gasteiger partial charge >= 0.3 is 6.03 Å². The molecule has 1 N–H and O–H groups in total. The van der Waals surface area contributed by atoms with Crippen LogP contribution in [0.2, 0.25) is 0 Å². The molecule has 0 unspecified atom stereocenters. The first-order chi connectivity index (χ1) is 11.0. The number of carbonyl (C=O) groups excluding carboxylic acids is 1.